The number of hydrogen-bond acceptors (Lipinski definition) is 10. The van der Waals surface area contributed by atoms with Gasteiger partial charge in [-0.3, -0.25) is 0 Å². The first kappa shape index (κ1) is 25.0. The summed E-state index contributed by atoms with van der Waals surface area (Å²) in [5.74, 6) is -1.92. The second-order valence-electron chi connectivity index (χ2n) is 7.05. The highest BCUT2D eigenvalue weighted by Gasteiger charge is 2.28. The molecule has 2 aromatic carbocycles. The van der Waals surface area contributed by atoms with E-state index in [0.717, 1.165) is 24.3 Å². The summed E-state index contributed by atoms with van der Waals surface area (Å²) in [4.78, 5) is 48.7. The van der Waals surface area contributed by atoms with E-state index in [0.29, 0.717) is 22.9 Å². The Balaban J connectivity index is 1.82. The molecular formula is C25H23NO9. The van der Waals surface area contributed by atoms with Crippen molar-refractivity contribution in [2.45, 2.75) is 6.10 Å². The highest BCUT2D eigenvalue weighted by molar-refractivity contribution is 5.92. The van der Waals surface area contributed by atoms with Crippen molar-refractivity contribution in [1.82, 2.24) is 0 Å². The molecule has 0 aromatic heterocycles. The topological polar surface area (TPSA) is 118 Å². The first-order chi connectivity index (χ1) is 16.9. The van der Waals surface area contributed by atoms with E-state index in [-0.39, 0.29) is 13.2 Å². The Labute approximate surface area is 201 Å². The third-order valence-corrected chi connectivity index (χ3v) is 4.73. The van der Waals surface area contributed by atoms with Crippen LogP contribution in [0.5, 0.6) is 11.5 Å². The van der Waals surface area contributed by atoms with E-state index in [9.17, 15) is 19.2 Å². The molecule has 0 bridgehead atoms. The van der Waals surface area contributed by atoms with Gasteiger partial charge < -0.3 is 28.6 Å². The minimum Gasteiger partial charge on any atom is -0.466 e. The number of rotatable bonds is 9. The summed E-state index contributed by atoms with van der Waals surface area (Å²) in [6.07, 6.45) is 2.69. The van der Waals surface area contributed by atoms with E-state index in [2.05, 4.69) is 9.47 Å². The number of ether oxygens (including phenoxy) is 5. The molecule has 1 atom stereocenters. The summed E-state index contributed by atoms with van der Waals surface area (Å²) < 4.78 is 25.5. The number of carbonyl (C=O) groups is 4. The summed E-state index contributed by atoms with van der Waals surface area (Å²) in [7, 11) is 2.35. The number of carbonyl (C=O) groups excluding carboxylic acids is 4. The Hall–Kier alpha value is -4.60. The molecule has 182 valence electrons. The van der Waals surface area contributed by atoms with Crippen LogP contribution in [0.25, 0.3) is 0 Å². The average molecular weight is 481 g/mol. The monoisotopic (exact) mass is 481 g/mol. The molecule has 0 radical (unpaired) electrons. The van der Waals surface area contributed by atoms with Crippen LogP contribution in [0.4, 0.5) is 11.4 Å². The average Bonchev–Trinajstić information content (AvgIpc) is 2.88. The van der Waals surface area contributed by atoms with Crippen LogP contribution in [0.15, 0.2) is 72.8 Å². The minimum absolute atomic E-state index is 0.0865. The largest absolute Gasteiger partial charge is 0.466 e. The van der Waals surface area contributed by atoms with Crippen molar-refractivity contribution >= 4 is 35.3 Å². The zero-order valence-electron chi connectivity index (χ0n) is 19.0. The van der Waals surface area contributed by atoms with Gasteiger partial charge in [-0.2, -0.15) is 0 Å². The molecule has 3 rings (SSSR count). The lowest BCUT2D eigenvalue weighted by Gasteiger charge is -2.34. The molecule has 0 saturated heterocycles. The molecular weight excluding hydrogens is 458 g/mol. The van der Waals surface area contributed by atoms with Crippen molar-refractivity contribution in [1.29, 1.82) is 0 Å². The van der Waals surface area contributed by atoms with Gasteiger partial charge in [-0.05, 0) is 24.3 Å². The quantitative estimate of drug-likeness (QED) is 0.301. The molecule has 1 heterocycles. The molecule has 1 aliphatic rings. The Morgan fingerprint density at radius 1 is 0.771 bits per heavy atom. The van der Waals surface area contributed by atoms with Gasteiger partial charge in [0, 0.05) is 24.3 Å². The predicted molar refractivity (Wildman–Crippen MR) is 123 cm³/mol. The van der Waals surface area contributed by atoms with Gasteiger partial charge in [0.1, 0.15) is 6.61 Å². The second kappa shape index (κ2) is 12.0. The number of para-hydroxylation sites is 4. The smallest absolute Gasteiger partial charge is 0.331 e. The van der Waals surface area contributed by atoms with Gasteiger partial charge in [0.2, 0.25) is 0 Å². The van der Waals surface area contributed by atoms with Gasteiger partial charge in [-0.25, -0.2) is 19.2 Å². The third kappa shape index (κ3) is 6.94. The fourth-order valence-electron chi connectivity index (χ4n) is 3.14. The second-order valence-corrected chi connectivity index (χ2v) is 7.05. The van der Waals surface area contributed by atoms with Gasteiger partial charge >= 0.3 is 23.9 Å². The van der Waals surface area contributed by atoms with Gasteiger partial charge in [-0.15, -0.1) is 0 Å². The molecule has 0 fully saturated rings. The highest BCUT2D eigenvalue weighted by Crippen LogP contribution is 2.46. The lowest BCUT2D eigenvalue weighted by Crippen LogP contribution is -2.37. The Kier molecular flexibility index (Phi) is 8.60. The number of hydrogen-bond donors (Lipinski definition) is 0. The number of esters is 4. The molecule has 0 spiro atoms. The Morgan fingerprint density at radius 2 is 1.26 bits per heavy atom. The van der Waals surface area contributed by atoms with Gasteiger partial charge in [0.25, 0.3) is 0 Å². The van der Waals surface area contributed by atoms with Crippen LogP contribution in [-0.2, 0) is 38.1 Å². The maximum atomic E-state index is 12.3. The normalized spacial score (nSPS) is 12.8. The van der Waals surface area contributed by atoms with Crippen LogP contribution in [-0.4, -0.2) is 57.4 Å². The molecule has 0 amide bonds. The number of benzene rings is 2. The van der Waals surface area contributed by atoms with Crippen LogP contribution in [0.3, 0.4) is 0 Å². The molecule has 0 aliphatic carbocycles. The van der Waals surface area contributed by atoms with E-state index < -0.39 is 30.0 Å². The lowest BCUT2D eigenvalue weighted by molar-refractivity contribution is -0.152. The molecule has 0 N–H and O–H groups in total. The first-order valence-corrected chi connectivity index (χ1v) is 10.4. The maximum absolute atomic E-state index is 12.3. The Bertz CT molecular complexity index is 1110. The zero-order valence-corrected chi connectivity index (χ0v) is 19.0. The SMILES string of the molecule is COC(=O)/C=C/C(=O)OCC(CN1c2ccccc2Oc2ccccc21)OC(=O)/C=C/C(=O)OC. The lowest BCUT2D eigenvalue weighted by atomic mass is 10.1. The molecule has 10 heteroatoms. The summed E-state index contributed by atoms with van der Waals surface area (Å²) in [6.45, 7) is -0.243. The minimum atomic E-state index is -0.959. The highest BCUT2D eigenvalue weighted by atomic mass is 16.6. The first-order valence-electron chi connectivity index (χ1n) is 10.4. The summed E-state index contributed by atoms with van der Waals surface area (Å²) >= 11 is 0. The fraction of sp³-hybridized carbons (Fsp3) is 0.200. The molecule has 35 heavy (non-hydrogen) atoms. The third-order valence-electron chi connectivity index (χ3n) is 4.73. The van der Waals surface area contributed by atoms with Crippen LogP contribution >= 0.6 is 0 Å². The van der Waals surface area contributed by atoms with Crippen molar-refractivity contribution in [3.05, 3.63) is 72.8 Å². The molecule has 2 aromatic rings. The van der Waals surface area contributed by atoms with Crippen LogP contribution in [0.1, 0.15) is 0 Å². The number of fused-ring (bicyclic) bond motifs is 2. The van der Waals surface area contributed by atoms with Crippen LogP contribution in [0.2, 0.25) is 0 Å². The van der Waals surface area contributed by atoms with Crippen molar-refractivity contribution in [2.75, 3.05) is 32.3 Å². The number of anilines is 2. The van der Waals surface area contributed by atoms with Crippen molar-refractivity contribution in [2.24, 2.45) is 0 Å². The van der Waals surface area contributed by atoms with E-state index in [1.54, 1.807) is 12.1 Å². The van der Waals surface area contributed by atoms with Crippen LogP contribution < -0.4 is 9.64 Å². The van der Waals surface area contributed by atoms with E-state index >= 15 is 0 Å². The number of nitrogens with zero attached hydrogens (tertiary/aromatic N) is 1. The molecule has 0 saturated carbocycles. The van der Waals surface area contributed by atoms with Crippen molar-refractivity contribution in [3.63, 3.8) is 0 Å². The Morgan fingerprint density at radius 3 is 1.80 bits per heavy atom. The fourth-order valence-corrected chi connectivity index (χ4v) is 3.14. The van der Waals surface area contributed by atoms with Gasteiger partial charge in [0.05, 0.1) is 32.1 Å². The maximum Gasteiger partial charge on any atom is 0.331 e. The predicted octanol–water partition coefficient (Wildman–Crippen LogP) is 2.84. The van der Waals surface area contributed by atoms with E-state index in [1.165, 1.54) is 14.2 Å². The van der Waals surface area contributed by atoms with Gasteiger partial charge in [-0.1, -0.05) is 24.3 Å². The summed E-state index contributed by atoms with van der Waals surface area (Å²) in [6, 6.07) is 14.6. The molecule has 1 aliphatic heterocycles. The van der Waals surface area contributed by atoms with E-state index in [4.69, 9.17) is 14.2 Å². The van der Waals surface area contributed by atoms with Crippen molar-refractivity contribution < 1.29 is 42.9 Å². The zero-order chi connectivity index (χ0) is 25.2. The van der Waals surface area contributed by atoms with Crippen molar-refractivity contribution in [3.8, 4) is 11.5 Å². The van der Waals surface area contributed by atoms with Gasteiger partial charge in [0.15, 0.2) is 17.6 Å². The number of methoxy groups -OCH3 is 2. The van der Waals surface area contributed by atoms with Crippen LogP contribution in [0, 0.1) is 0 Å². The standard InChI is InChI=1S/C25H23NO9/c1-31-22(27)11-13-24(29)33-16-17(34-25(30)14-12-23(28)32-2)15-26-18-7-3-5-9-20(18)35-21-10-6-4-8-19(21)26/h3-14,17H,15-16H2,1-2H3/b13-11+,14-12+. The molecule has 10 nitrogen and oxygen atoms in total. The van der Waals surface area contributed by atoms with E-state index in [1.807, 2.05) is 41.3 Å². The summed E-state index contributed by atoms with van der Waals surface area (Å²) in [5.41, 5.74) is 1.43. The summed E-state index contributed by atoms with van der Waals surface area (Å²) in [5, 5.41) is 0. The molecule has 1 unspecified atom stereocenters.